The smallest absolute Gasteiger partial charge is 0.607 e. The molecule has 6 nitrogen and oxygen atoms in total. The second kappa shape index (κ2) is 4.30. The molecule has 1 N–H and O–H groups in total. The molecule has 0 saturated carbocycles. The monoisotopic (exact) mass is 273 g/mol. The average Bonchev–Trinajstić information content (AvgIpc) is 2.84. The van der Waals surface area contributed by atoms with Gasteiger partial charge >= 0.3 is 18.5 Å². The van der Waals surface area contributed by atoms with Gasteiger partial charge in [-0.1, -0.05) is 18.2 Å². The van der Waals surface area contributed by atoms with Crippen LogP contribution in [0.4, 0.5) is 10.5 Å². The molecule has 7 heteroatoms. The van der Waals surface area contributed by atoms with Crippen molar-refractivity contribution in [1.29, 1.82) is 0 Å². The van der Waals surface area contributed by atoms with E-state index in [1.54, 1.807) is 12.1 Å². The number of anilines is 1. The molecule has 20 heavy (non-hydrogen) atoms. The third-order valence-electron chi connectivity index (χ3n) is 3.62. The summed E-state index contributed by atoms with van der Waals surface area (Å²) in [6.07, 6.45) is -0.0696. The SMILES string of the molecule is Cc1ccccc1NC(=O)[B-]12OC(=O)C[C+]1CC(=O)O2. The zero-order valence-corrected chi connectivity index (χ0v) is 10.8. The number of para-hydroxylation sites is 1. The van der Waals surface area contributed by atoms with Crippen molar-refractivity contribution >= 4 is 30.0 Å². The van der Waals surface area contributed by atoms with Crippen LogP contribution in [0.3, 0.4) is 0 Å². The van der Waals surface area contributed by atoms with Gasteiger partial charge in [0.05, 0.1) is 0 Å². The fraction of sp³-hybridized carbons (Fsp3) is 0.231. The fourth-order valence-corrected chi connectivity index (χ4v) is 2.58. The van der Waals surface area contributed by atoms with Crippen molar-refractivity contribution in [3.63, 3.8) is 0 Å². The molecule has 0 spiro atoms. The molecule has 0 radical (unpaired) electrons. The minimum atomic E-state index is -2.64. The molecule has 2 heterocycles. The summed E-state index contributed by atoms with van der Waals surface area (Å²) in [5, 5.41) is 2.67. The van der Waals surface area contributed by atoms with Gasteiger partial charge in [0.25, 0.3) is 0 Å². The number of benzene rings is 1. The molecule has 2 aliphatic rings. The largest absolute Gasteiger partial charge is 0.643 e. The standard InChI is InChI=1S/C13H12BNO5/c1-8-4-2-3-5-10(8)15-13(18)14-9(6-11(16)19-14)7-12(17)20-14/h2-5H,6-7H2,1H3,(H,15,18). The van der Waals surface area contributed by atoms with Crippen molar-refractivity contribution in [1.82, 2.24) is 0 Å². The second-order valence-corrected chi connectivity index (χ2v) is 5.01. The van der Waals surface area contributed by atoms with E-state index in [-0.39, 0.29) is 12.8 Å². The average molecular weight is 273 g/mol. The number of carbonyl (C=O) groups excluding carboxylic acids is 3. The van der Waals surface area contributed by atoms with Crippen LogP contribution in [-0.2, 0) is 18.9 Å². The van der Waals surface area contributed by atoms with Crippen LogP contribution in [-0.4, -0.2) is 24.3 Å². The van der Waals surface area contributed by atoms with Crippen LogP contribution in [0.15, 0.2) is 24.3 Å². The maximum atomic E-state index is 12.4. The van der Waals surface area contributed by atoms with E-state index in [1.807, 2.05) is 19.1 Å². The van der Waals surface area contributed by atoms with Gasteiger partial charge in [-0.05, 0) is 18.6 Å². The Kier molecular flexibility index (Phi) is 2.70. The lowest BCUT2D eigenvalue weighted by Gasteiger charge is -2.24. The summed E-state index contributed by atoms with van der Waals surface area (Å²) < 4.78 is 10.1. The minimum Gasteiger partial charge on any atom is -0.607 e. The number of hydrogen-bond donors (Lipinski definition) is 1. The normalized spacial score (nSPS) is 19.4. The van der Waals surface area contributed by atoms with Gasteiger partial charge in [-0.3, -0.25) is 9.59 Å². The highest BCUT2D eigenvalue weighted by Crippen LogP contribution is 2.41. The molecule has 0 bridgehead atoms. The molecule has 0 atom stereocenters. The highest BCUT2D eigenvalue weighted by molar-refractivity contribution is 7.05. The number of aryl methyl sites for hydroxylation is 1. The van der Waals surface area contributed by atoms with E-state index >= 15 is 0 Å². The lowest BCUT2D eigenvalue weighted by atomic mass is 9.48. The van der Waals surface area contributed by atoms with E-state index in [0.29, 0.717) is 11.5 Å². The van der Waals surface area contributed by atoms with Gasteiger partial charge in [0.1, 0.15) is 12.8 Å². The van der Waals surface area contributed by atoms with E-state index in [4.69, 9.17) is 9.31 Å². The molecule has 1 amide bonds. The Morgan fingerprint density at radius 1 is 1.20 bits per heavy atom. The highest BCUT2D eigenvalue weighted by Gasteiger charge is 2.69. The van der Waals surface area contributed by atoms with Crippen molar-refractivity contribution in [2.45, 2.75) is 19.8 Å². The Morgan fingerprint density at radius 2 is 1.80 bits per heavy atom. The van der Waals surface area contributed by atoms with Crippen molar-refractivity contribution < 1.29 is 23.7 Å². The topological polar surface area (TPSA) is 81.7 Å². The quantitative estimate of drug-likeness (QED) is 0.653. The van der Waals surface area contributed by atoms with E-state index < -0.39 is 24.3 Å². The van der Waals surface area contributed by atoms with Crippen molar-refractivity contribution in [3.05, 3.63) is 35.6 Å². The molecule has 102 valence electrons. The Morgan fingerprint density at radius 3 is 2.40 bits per heavy atom. The molecule has 0 aromatic heterocycles. The minimum absolute atomic E-state index is 0.0348. The fourth-order valence-electron chi connectivity index (χ4n) is 2.58. The maximum absolute atomic E-state index is 12.4. The van der Waals surface area contributed by atoms with Crippen LogP contribution in [0.1, 0.15) is 18.4 Å². The zero-order valence-electron chi connectivity index (χ0n) is 10.8. The molecule has 2 saturated heterocycles. The van der Waals surface area contributed by atoms with Crippen LogP contribution in [0.25, 0.3) is 0 Å². The molecule has 0 aliphatic carbocycles. The zero-order chi connectivity index (χ0) is 14.3. The van der Waals surface area contributed by atoms with E-state index in [0.717, 1.165) is 5.56 Å². The first-order chi connectivity index (χ1) is 9.51. The molecule has 2 aliphatic heterocycles. The Balaban J connectivity index is 1.88. The maximum Gasteiger partial charge on any atom is 0.643 e. The third-order valence-corrected chi connectivity index (χ3v) is 3.62. The lowest BCUT2D eigenvalue weighted by Crippen LogP contribution is -2.51. The molecule has 3 rings (SSSR count). The van der Waals surface area contributed by atoms with Crippen LogP contribution in [0, 0.1) is 12.7 Å². The van der Waals surface area contributed by atoms with E-state index in [1.165, 1.54) is 0 Å². The summed E-state index contributed by atoms with van der Waals surface area (Å²) in [5.41, 5.74) is 1.46. The Hall–Kier alpha value is -2.44. The summed E-state index contributed by atoms with van der Waals surface area (Å²) in [7, 11) is 0. The highest BCUT2D eigenvalue weighted by atomic mass is 16.7. The number of amides is 1. The van der Waals surface area contributed by atoms with E-state index in [2.05, 4.69) is 5.32 Å². The summed E-state index contributed by atoms with van der Waals surface area (Å²) in [6, 6.07) is 7.19. The number of fused-ring (bicyclic) bond motifs is 1. The summed E-state index contributed by atoms with van der Waals surface area (Å²) in [4.78, 5) is 35.2. The van der Waals surface area contributed by atoms with Gasteiger partial charge in [-0.2, -0.15) is 0 Å². The van der Waals surface area contributed by atoms with Crippen LogP contribution in [0.5, 0.6) is 0 Å². The first kappa shape index (κ1) is 12.6. The van der Waals surface area contributed by atoms with Gasteiger partial charge in [0.2, 0.25) is 5.81 Å². The summed E-state index contributed by atoms with van der Waals surface area (Å²) in [5.74, 6) is -1.24. The van der Waals surface area contributed by atoms with Crippen LogP contribution in [0.2, 0.25) is 0 Å². The first-order valence-corrected chi connectivity index (χ1v) is 6.31. The number of carbonyl (C=O) groups is 3. The van der Waals surface area contributed by atoms with Crippen LogP contribution < -0.4 is 5.32 Å². The number of hydrogen-bond acceptors (Lipinski definition) is 5. The van der Waals surface area contributed by atoms with Crippen molar-refractivity contribution in [3.8, 4) is 0 Å². The first-order valence-electron chi connectivity index (χ1n) is 6.31. The Labute approximate surface area is 115 Å². The molecular weight excluding hydrogens is 261 g/mol. The van der Waals surface area contributed by atoms with Crippen LogP contribution >= 0.6 is 0 Å². The molecule has 1 aromatic carbocycles. The van der Waals surface area contributed by atoms with Gasteiger partial charge in [0.15, 0.2) is 0 Å². The second-order valence-electron chi connectivity index (χ2n) is 5.01. The van der Waals surface area contributed by atoms with E-state index in [9.17, 15) is 14.4 Å². The predicted octanol–water partition coefficient (Wildman–Crippen LogP) is 1.56. The molecule has 2 fully saturated rings. The van der Waals surface area contributed by atoms with Gasteiger partial charge in [-0.25, -0.2) is 0 Å². The Bertz CT molecular complexity index is 595. The predicted molar refractivity (Wildman–Crippen MR) is 70.6 cm³/mol. The number of nitrogens with one attached hydrogen (secondary N) is 1. The molecular formula is C13H12BNO5. The van der Waals surface area contributed by atoms with Crippen molar-refractivity contribution in [2.75, 3.05) is 5.32 Å². The van der Waals surface area contributed by atoms with Gasteiger partial charge < -0.3 is 19.4 Å². The van der Waals surface area contributed by atoms with Gasteiger partial charge in [-0.15, -0.1) is 0 Å². The molecule has 0 unspecified atom stereocenters. The third kappa shape index (κ3) is 1.82. The van der Waals surface area contributed by atoms with Crippen molar-refractivity contribution in [2.24, 2.45) is 0 Å². The number of rotatable bonds is 2. The van der Waals surface area contributed by atoms with Gasteiger partial charge in [0, 0.05) is 11.5 Å². The summed E-state index contributed by atoms with van der Waals surface area (Å²) in [6.45, 7) is -0.798. The lowest BCUT2D eigenvalue weighted by molar-refractivity contribution is -0.138. The summed E-state index contributed by atoms with van der Waals surface area (Å²) >= 11 is 0. The molecule has 1 aromatic rings.